The molecule has 1 heterocycles. The summed E-state index contributed by atoms with van der Waals surface area (Å²) in [7, 11) is 0. The van der Waals surface area contributed by atoms with Crippen LogP contribution < -0.4 is 5.32 Å². The molecule has 2 aromatic rings. The fourth-order valence-corrected chi connectivity index (χ4v) is 1.69. The molecule has 4 heteroatoms. The van der Waals surface area contributed by atoms with Crippen molar-refractivity contribution in [2.24, 2.45) is 0 Å². The topological polar surface area (TPSA) is 24.9 Å². The lowest BCUT2D eigenvalue weighted by molar-refractivity contribution is 0.628. The summed E-state index contributed by atoms with van der Waals surface area (Å²) in [5, 5.41) is 3.11. The Morgan fingerprint density at radius 3 is 2.65 bits per heavy atom. The van der Waals surface area contributed by atoms with Crippen molar-refractivity contribution in [2.75, 3.05) is 5.32 Å². The fraction of sp³-hybridized carbons (Fsp3) is 0.154. The summed E-state index contributed by atoms with van der Waals surface area (Å²) in [6.07, 6.45) is 1.73. The number of anilines is 2. The summed E-state index contributed by atoms with van der Waals surface area (Å²) in [6, 6.07) is 6.56. The van der Waals surface area contributed by atoms with Gasteiger partial charge in [0.15, 0.2) is 0 Å². The van der Waals surface area contributed by atoms with Gasteiger partial charge in [-0.25, -0.2) is 9.37 Å². The zero-order valence-corrected chi connectivity index (χ0v) is 11.2. The number of hydrogen-bond donors (Lipinski definition) is 1. The molecule has 0 saturated heterocycles. The smallest absolute Gasteiger partial charge is 0.130 e. The lowest BCUT2D eigenvalue weighted by Gasteiger charge is -2.09. The van der Waals surface area contributed by atoms with Crippen molar-refractivity contribution in [1.29, 1.82) is 0 Å². The Kier molecular flexibility index (Phi) is 3.43. The van der Waals surface area contributed by atoms with Crippen LogP contribution in [0.15, 0.2) is 34.9 Å². The second kappa shape index (κ2) is 4.84. The highest BCUT2D eigenvalue weighted by Gasteiger charge is 2.03. The highest BCUT2D eigenvalue weighted by atomic mass is 79.9. The first-order valence-corrected chi connectivity index (χ1v) is 6.01. The molecule has 0 aliphatic rings. The summed E-state index contributed by atoms with van der Waals surface area (Å²) in [5.74, 6) is 0.450. The Bertz CT molecular complexity index is 555. The first kappa shape index (κ1) is 12.0. The standard InChI is InChI=1S/C13H12BrFN2/c1-8-3-4-10(15)6-12(8)17-13-5-9(2)11(14)7-16-13/h3-7H,1-2H3,(H,16,17). The largest absolute Gasteiger partial charge is 0.340 e. The zero-order valence-electron chi connectivity index (χ0n) is 9.59. The minimum Gasteiger partial charge on any atom is -0.340 e. The van der Waals surface area contributed by atoms with Crippen LogP contribution in [0.1, 0.15) is 11.1 Å². The van der Waals surface area contributed by atoms with Gasteiger partial charge in [-0.1, -0.05) is 6.07 Å². The van der Waals surface area contributed by atoms with Gasteiger partial charge < -0.3 is 5.32 Å². The molecule has 0 fully saturated rings. The first-order chi connectivity index (χ1) is 8.06. The monoisotopic (exact) mass is 294 g/mol. The average molecular weight is 295 g/mol. The van der Waals surface area contributed by atoms with E-state index in [0.717, 1.165) is 21.3 Å². The third-order valence-corrected chi connectivity index (χ3v) is 3.34. The lowest BCUT2D eigenvalue weighted by Crippen LogP contribution is -1.97. The van der Waals surface area contributed by atoms with E-state index >= 15 is 0 Å². The van der Waals surface area contributed by atoms with Crippen molar-refractivity contribution in [1.82, 2.24) is 4.98 Å². The Hall–Kier alpha value is -1.42. The van der Waals surface area contributed by atoms with Gasteiger partial charge in [0.1, 0.15) is 11.6 Å². The molecule has 0 bridgehead atoms. The number of rotatable bonds is 2. The molecule has 0 amide bonds. The van der Waals surface area contributed by atoms with E-state index in [4.69, 9.17) is 0 Å². The third kappa shape index (κ3) is 2.82. The van der Waals surface area contributed by atoms with Crippen molar-refractivity contribution in [3.8, 4) is 0 Å². The Labute approximate surface area is 108 Å². The predicted molar refractivity (Wildman–Crippen MR) is 71.1 cm³/mol. The van der Waals surface area contributed by atoms with Crippen molar-refractivity contribution in [3.63, 3.8) is 0 Å². The van der Waals surface area contributed by atoms with E-state index in [1.165, 1.54) is 12.1 Å². The highest BCUT2D eigenvalue weighted by molar-refractivity contribution is 9.10. The van der Waals surface area contributed by atoms with E-state index in [1.54, 1.807) is 12.3 Å². The van der Waals surface area contributed by atoms with Crippen molar-refractivity contribution < 1.29 is 4.39 Å². The van der Waals surface area contributed by atoms with Crippen LogP contribution in [0, 0.1) is 19.7 Å². The van der Waals surface area contributed by atoms with Crippen molar-refractivity contribution >= 4 is 27.4 Å². The molecule has 88 valence electrons. The number of pyridine rings is 1. The fourth-order valence-electron chi connectivity index (χ4n) is 1.47. The summed E-state index contributed by atoms with van der Waals surface area (Å²) in [6.45, 7) is 3.91. The van der Waals surface area contributed by atoms with Gasteiger partial charge >= 0.3 is 0 Å². The second-order valence-corrected chi connectivity index (χ2v) is 4.76. The van der Waals surface area contributed by atoms with E-state index in [0.29, 0.717) is 5.82 Å². The zero-order chi connectivity index (χ0) is 12.4. The lowest BCUT2D eigenvalue weighted by atomic mass is 10.2. The van der Waals surface area contributed by atoms with E-state index in [1.807, 2.05) is 19.9 Å². The molecule has 1 aromatic carbocycles. The first-order valence-electron chi connectivity index (χ1n) is 5.21. The second-order valence-electron chi connectivity index (χ2n) is 3.90. The van der Waals surface area contributed by atoms with Crippen LogP contribution in [0.5, 0.6) is 0 Å². The van der Waals surface area contributed by atoms with Crippen LogP contribution in [-0.2, 0) is 0 Å². The van der Waals surface area contributed by atoms with Gasteiger partial charge in [-0.2, -0.15) is 0 Å². The summed E-state index contributed by atoms with van der Waals surface area (Å²) in [5.41, 5.74) is 2.80. The van der Waals surface area contributed by atoms with Gasteiger partial charge in [0, 0.05) is 16.4 Å². The van der Waals surface area contributed by atoms with Gasteiger partial charge in [0.25, 0.3) is 0 Å². The molecule has 0 aliphatic carbocycles. The number of hydrogen-bond acceptors (Lipinski definition) is 2. The highest BCUT2D eigenvalue weighted by Crippen LogP contribution is 2.23. The van der Waals surface area contributed by atoms with Gasteiger partial charge in [0.2, 0.25) is 0 Å². The van der Waals surface area contributed by atoms with Crippen LogP contribution in [0.2, 0.25) is 0 Å². The summed E-state index contributed by atoms with van der Waals surface area (Å²) >= 11 is 3.39. The van der Waals surface area contributed by atoms with E-state index < -0.39 is 0 Å². The number of nitrogens with one attached hydrogen (secondary N) is 1. The molecular formula is C13H12BrFN2. The molecule has 1 N–H and O–H groups in total. The van der Waals surface area contributed by atoms with Crippen LogP contribution in [0.3, 0.4) is 0 Å². The molecule has 0 aliphatic heterocycles. The quantitative estimate of drug-likeness (QED) is 0.891. The summed E-state index contributed by atoms with van der Waals surface area (Å²) in [4.78, 5) is 4.22. The maximum absolute atomic E-state index is 13.1. The van der Waals surface area contributed by atoms with Crippen LogP contribution in [-0.4, -0.2) is 4.98 Å². The number of nitrogens with zero attached hydrogens (tertiary/aromatic N) is 1. The normalized spacial score (nSPS) is 10.4. The number of aryl methyl sites for hydroxylation is 2. The molecule has 0 unspecified atom stereocenters. The molecule has 0 saturated carbocycles. The molecule has 0 radical (unpaired) electrons. The average Bonchev–Trinajstić information content (AvgIpc) is 2.29. The Morgan fingerprint density at radius 2 is 1.94 bits per heavy atom. The van der Waals surface area contributed by atoms with Crippen LogP contribution >= 0.6 is 15.9 Å². The minimum absolute atomic E-state index is 0.257. The van der Waals surface area contributed by atoms with E-state index in [2.05, 4.69) is 26.2 Å². The van der Waals surface area contributed by atoms with Gasteiger partial charge in [-0.05, 0) is 59.1 Å². The van der Waals surface area contributed by atoms with Gasteiger partial charge in [-0.3, -0.25) is 0 Å². The maximum atomic E-state index is 13.1. The molecule has 0 atom stereocenters. The van der Waals surface area contributed by atoms with E-state index in [-0.39, 0.29) is 5.82 Å². The number of halogens is 2. The number of aromatic nitrogens is 1. The SMILES string of the molecule is Cc1cc(Nc2cc(F)ccc2C)ncc1Br. The Balaban J connectivity index is 2.31. The van der Waals surface area contributed by atoms with E-state index in [9.17, 15) is 4.39 Å². The minimum atomic E-state index is -0.257. The van der Waals surface area contributed by atoms with Crippen molar-refractivity contribution in [2.45, 2.75) is 13.8 Å². The third-order valence-electron chi connectivity index (χ3n) is 2.51. The Morgan fingerprint density at radius 1 is 1.18 bits per heavy atom. The predicted octanol–water partition coefficient (Wildman–Crippen LogP) is 4.34. The van der Waals surface area contributed by atoms with Gasteiger partial charge in [-0.15, -0.1) is 0 Å². The molecule has 1 aromatic heterocycles. The molecule has 2 nitrogen and oxygen atoms in total. The van der Waals surface area contributed by atoms with Crippen LogP contribution in [0.4, 0.5) is 15.9 Å². The molecular weight excluding hydrogens is 283 g/mol. The maximum Gasteiger partial charge on any atom is 0.130 e. The summed E-state index contributed by atoms with van der Waals surface area (Å²) < 4.78 is 14.1. The molecule has 17 heavy (non-hydrogen) atoms. The van der Waals surface area contributed by atoms with Crippen molar-refractivity contribution in [3.05, 3.63) is 51.9 Å². The molecule has 0 spiro atoms. The van der Waals surface area contributed by atoms with Crippen LogP contribution in [0.25, 0.3) is 0 Å². The van der Waals surface area contributed by atoms with Gasteiger partial charge in [0.05, 0.1) is 0 Å². The number of benzene rings is 1. The molecule has 2 rings (SSSR count).